The Balaban J connectivity index is 1.78. The number of hydrogen-bond donors (Lipinski definition) is 2. The number of carbonyl (C=O) groups excluding carboxylic acids is 2. The molecule has 0 atom stereocenters. The van der Waals surface area contributed by atoms with Gasteiger partial charge < -0.3 is 10.6 Å². The number of carbonyl (C=O) groups is 2. The van der Waals surface area contributed by atoms with Crippen molar-refractivity contribution in [1.29, 1.82) is 0 Å². The molecule has 33 heavy (non-hydrogen) atoms. The first-order chi connectivity index (χ1) is 15.7. The smallest absolute Gasteiger partial charge is 0.339 e. The molecule has 0 radical (unpaired) electrons. The number of alkyl halides is 3. The Bertz CT molecular complexity index is 1280. The van der Waals surface area contributed by atoms with Gasteiger partial charge in [-0.05, 0) is 35.9 Å². The van der Waals surface area contributed by atoms with E-state index in [0.29, 0.717) is 11.4 Å². The highest BCUT2D eigenvalue weighted by Crippen LogP contribution is 2.33. The van der Waals surface area contributed by atoms with E-state index in [1.54, 1.807) is 24.3 Å². The maximum Gasteiger partial charge on any atom is 0.409 e. The molecule has 2 N–H and O–H groups in total. The van der Waals surface area contributed by atoms with Crippen molar-refractivity contribution in [2.24, 2.45) is 0 Å². The standard InChI is InChI=1S/C25H16F4N2O2/c26-18-8-4-7-17(14-18)23(33)21(24-30-19-9-1-2-10-20(19)31-24)22(32)16-6-3-5-15(13-16)11-12-25(27,28)29/h1-14,30-31H. The Morgan fingerprint density at radius 1 is 0.758 bits per heavy atom. The van der Waals surface area contributed by atoms with Gasteiger partial charge in [-0.1, -0.05) is 48.5 Å². The van der Waals surface area contributed by atoms with Crippen molar-refractivity contribution in [3.8, 4) is 0 Å². The molecule has 0 saturated heterocycles. The van der Waals surface area contributed by atoms with E-state index in [2.05, 4.69) is 10.6 Å². The highest BCUT2D eigenvalue weighted by molar-refractivity contribution is 6.32. The van der Waals surface area contributed by atoms with Crippen LogP contribution in [0.3, 0.4) is 0 Å². The second-order valence-corrected chi connectivity index (χ2v) is 7.21. The number of anilines is 2. The third-order valence-corrected chi connectivity index (χ3v) is 4.85. The van der Waals surface area contributed by atoms with Crippen LogP contribution >= 0.6 is 0 Å². The normalized spacial score (nSPS) is 12.8. The molecule has 0 amide bonds. The minimum Gasteiger partial charge on any atom is -0.339 e. The second-order valence-electron chi connectivity index (χ2n) is 7.21. The van der Waals surface area contributed by atoms with Crippen molar-refractivity contribution in [2.45, 2.75) is 6.18 Å². The number of Topliss-reactive ketones (excluding diaryl/α,β-unsaturated/α-hetero) is 2. The molecule has 1 aliphatic heterocycles. The summed E-state index contributed by atoms with van der Waals surface area (Å²) in [5.74, 6) is -2.01. The molecule has 1 aliphatic rings. The number of allylic oxidation sites excluding steroid dienone is 2. The second kappa shape index (κ2) is 8.74. The summed E-state index contributed by atoms with van der Waals surface area (Å²) in [6.07, 6.45) is -3.62. The highest BCUT2D eigenvalue weighted by Gasteiger charge is 2.29. The van der Waals surface area contributed by atoms with Crippen molar-refractivity contribution in [2.75, 3.05) is 10.6 Å². The molecule has 3 aromatic carbocycles. The van der Waals surface area contributed by atoms with E-state index >= 15 is 0 Å². The zero-order valence-corrected chi connectivity index (χ0v) is 16.9. The average molecular weight is 452 g/mol. The fraction of sp³-hybridized carbons (Fsp3) is 0.0400. The largest absolute Gasteiger partial charge is 0.409 e. The Kier molecular flexibility index (Phi) is 5.83. The van der Waals surface area contributed by atoms with Crippen molar-refractivity contribution in [3.05, 3.63) is 113 Å². The van der Waals surface area contributed by atoms with Crippen molar-refractivity contribution in [1.82, 2.24) is 0 Å². The van der Waals surface area contributed by atoms with E-state index < -0.39 is 23.6 Å². The highest BCUT2D eigenvalue weighted by atomic mass is 19.4. The summed E-state index contributed by atoms with van der Waals surface area (Å²) in [7, 11) is 0. The van der Waals surface area contributed by atoms with Gasteiger partial charge in [0.2, 0.25) is 11.6 Å². The molecule has 0 saturated carbocycles. The van der Waals surface area contributed by atoms with E-state index in [-0.39, 0.29) is 34.2 Å². The lowest BCUT2D eigenvalue weighted by Gasteiger charge is -2.12. The van der Waals surface area contributed by atoms with E-state index in [9.17, 15) is 27.2 Å². The predicted molar refractivity (Wildman–Crippen MR) is 117 cm³/mol. The summed E-state index contributed by atoms with van der Waals surface area (Å²) in [5.41, 5.74) is 1.06. The topological polar surface area (TPSA) is 58.2 Å². The maximum atomic E-state index is 13.8. The molecule has 0 spiro atoms. The summed E-state index contributed by atoms with van der Waals surface area (Å²) in [5, 5.41) is 5.96. The first kappa shape index (κ1) is 22.0. The number of benzene rings is 3. The number of fused-ring (bicyclic) bond motifs is 1. The van der Waals surface area contributed by atoms with Crippen LogP contribution in [0.25, 0.3) is 6.08 Å². The Labute approximate surface area is 186 Å². The fourth-order valence-corrected chi connectivity index (χ4v) is 3.35. The van der Waals surface area contributed by atoms with E-state index in [0.717, 1.165) is 12.1 Å². The first-order valence-corrected chi connectivity index (χ1v) is 9.79. The van der Waals surface area contributed by atoms with Crippen molar-refractivity contribution in [3.63, 3.8) is 0 Å². The first-order valence-electron chi connectivity index (χ1n) is 9.79. The van der Waals surface area contributed by atoms with Gasteiger partial charge >= 0.3 is 6.18 Å². The third kappa shape index (κ3) is 5.01. The predicted octanol–water partition coefficient (Wildman–Crippen LogP) is 6.22. The van der Waals surface area contributed by atoms with Crippen LogP contribution in [0, 0.1) is 5.82 Å². The molecular weight excluding hydrogens is 436 g/mol. The van der Waals surface area contributed by atoms with Gasteiger partial charge in [-0.3, -0.25) is 9.59 Å². The summed E-state index contributed by atoms with van der Waals surface area (Å²) in [6, 6.07) is 17.4. The van der Waals surface area contributed by atoms with E-state index in [1.165, 1.54) is 42.5 Å². The van der Waals surface area contributed by atoms with E-state index in [1.807, 2.05) is 0 Å². The average Bonchev–Trinajstić information content (AvgIpc) is 3.21. The number of rotatable bonds is 5. The summed E-state index contributed by atoms with van der Waals surface area (Å²) in [6.45, 7) is 0. The van der Waals surface area contributed by atoms with Gasteiger partial charge in [-0.25, -0.2) is 4.39 Å². The Morgan fingerprint density at radius 3 is 1.91 bits per heavy atom. The summed E-state index contributed by atoms with van der Waals surface area (Å²) in [4.78, 5) is 26.7. The quantitative estimate of drug-likeness (QED) is 0.159. The Hall–Kier alpha value is -4.20. The summed E-state index contributed by atoms with van der Waals surface area (Å²) >= 11 is 0. The number of ketones is 2. The lowest BCUT2D eigenvalue weighted by Crippen LogP contribution is -2.21. The molecule has 0 aromatic heterocycles. The van der Waals surface area contributed by atoms with Crippen molar-refractivity contribution < 1.29 is 27.2 Å². The molecule has 0 aliphatic carbocycles. The van der Waals surface area contributed by atoms with Gasteiger partial charge in [0.05, 0.1) is 11.4 Å². The van der Waals surface area contributed by atoms with Crippen LogP contribution in [0.2, 0.25) is 0 Å². The minimum atomic E-state index is -4.51. The van der Waals surface area contributed by atoms with Gasteiger partial charge in [0.1, 0.15) is 17.2 Å². The lowest BCUT2D eigenvalue weighted by atomic mass is 9.94. The Morgan fingerprint density at radius 2 is 1.33 bits per heavy atom. The van der Waals surface area contributed by atoms with Crippen LogP contribution in [-0.2, 0) is 0 Å². The lowest BCUT2D eigenvalue weighted by molar-refractivity contribution is -0.0790. The molecular formula is C25H16F4N2O2. The summed E-state index contributed by atoms with van der Waals surface area (Å²) < 4.78 is 51.4. The van der Waals surface area contributed by atoms with Crippen LogP contribution < -0.4 is 10.6 Å². The van der Waals surface area contributed by atoms with Crippen LogP contribution in [0.4, 0.5) is 28.9 Å². The zero-order valence-electron chi connectivity index (χ0n) is 16.9. The van der Waals surface area contributed by atoms with Crippen molar-refractivity contribution >= 4 is 29.0 Å². The van der Waals surface area contributed by atoms with Crippen LogP contribution in [0.5, 0.6) is 0 Å². The minimum absolute atomic E-state index is 0.00568. The van der Waals surface area contributed by atoms with Crippen LogP contribution in [0.1, 0.15) is 26.3 Å². The molecule has 3 aromatic rings. The molecule has 0 fully saturated rings. The fourth-order valence-electron chi connectivity index (χ4n) is 3.35. The van der Waals surface area contributed by atoms with Gasteiger partial charge in [0.25, 0.3) is 0 Å². The molecule has 4 nitrogen and oxygen atoms in total. The number of halogens is 4. The molecule has 0 unspecified atom stereocenters. The molecule has 4 rings (SSSR count). The van der Waals surface area contributed by atoms with Gasteiger partial charge in [0, 0.05) is 17.2 Å². The molecule has 166 valence electrons. The molecule has 1 heterocycles. The molecule has 0 bridgehead atoms. The third-order valence-electron chi connectivity index (χ3n) is 4.85. The van der Waals surface area contributed by atoms with Crippen LogP contribution in [-0.4, -0.2) is 17.7 Å². The zero-order chi connectivity index (χ0) is 23.6. The number of hydrogen-bond acceptors (Lipinski definition) is 4. The van der Waals surface area contributed by atoms with Gasteiger partial charge in [0.15, 0.2) is 0 Å². The maximum absolute atomic E-state index is 13.8. The monoisotopic (exact) mass is 452 g/mol. The van der Waals surface area contributed by atoms with Gasteiger partial charge in [-0.15, -0.1) is 0 Å². The van der Waals surface area contributed by atoms with E-state index in [4.69, 9.17) is 0 Å². The SMILES string of the molecule is O=C(C(C(=O)c1cccc(C=CC(F)(F)F)c1)=C1Nc2ccccc2N1)c1cccc(F)c1. The van der Waals surface area contributed by atoms with Gasteiger partial charge in [-0.2, -0.15) is 13.2 Å². The molecule has 8 heteroatoms. The number of para-hydroxylation sites is 2. The van der Waals surface area contributed by atoms with Crippen LogP contribution in [0.15, 0.2) is 90.3 Å². The number of nitrogens with one attached hydrogen (secondary N) is 2.